The first kappa shape index (κ1) is 23.9. The molecule has 0 aliphatic rings. The van der Waals surface area contributed by atoms with Gasteiger partial charge in [-0.1, -0.05) is 36.4 Å². The summed E-state index contributed by atoms with van der Waals surface area (Å²) in [5.41, 5.74) is 4.50. The molecule has 5 N–H and O–H groups in total. The third-order valence-electron chi connectivity index (χ3n) is 0.667. The highest BCUT2D eigenvalue weighted by Crippen LogP contribution is 1.79. The van der Waals surface area contributed by atoms with Crippen molar-refractivity contribution in [2.75, 3.05) is 7.05 Å². The third-order valence-corrected chi connectivity index (χ3v) is 0.667. The summed E-state index contributed by atoms with van der Waals surface area (Å²) in [5.74, 6) is 0. The van der Waals surface area contributed by atoms with Gasteiger partial charge in [0.2, 0.25) is 18.2 Å². The Hall–Kier alpha value is -2.68. The lowest BCUT2D eigenvalue weighted by molar-refractivity contribution is 0.562. The molecule has 0 atom stereocenters. The van der Waals surface area contributed by atoms with E-state index in [0.717, 1.165) is 18.2 Å². The van der Waals surface area contributed by atoms with Crippen LogP contribution in [0, 0.1) is 16.2 Å². The zero-order chi connectivity index (χ0) is 14.4. The summed E-state index contributed by atoms with van der Waals surface area (Å²) >= 11 is 0. The molecule has 0 heterocycles. The van der Waals surface area contributed by atoms with Gasteiger partial charge in [0.15, 0.2) is 0 Å². The van der Waals surface area contributed by atoms with E-state index in [0.29, 0.717) is 0 Å². The van der Waals surface area contributed by atoms with Crippen LogP contribution in [-0.2, 0) is 14.4 Å². The maximum atomic E-state index is 8.35. The molecule has 7 heteroatoms. The molecule has 0 amide bonds. The molecule has 0 aromatic heterocycles. The summed E-state index contributed by atoms with van der Waals surface area (Å²) in [6.07, 6.45) is 2.25. The molecule has 0 aliphatic heterocycles. The fourth-order valence-electron chi connectivity index (χ4n) is 0.385. The highest BCUT2D eigenvalue weighted by Gasteiger charge is 1.57. The lowest BCUT2D eigenvalue weighted by Gasteiger charge is -1.69. The summed E-state index contributed by atoms with van der Waals surface area (Å²) in [7, 11) is 1.50. The number of nitrogens with one attached hydrogen (secondary N) is 3. The average Bonchev–Trinajstić information content (AvgIpc) is 2.37. The van der Waals surface area contributed by atoms with Gasteiger partial charge in [0.25, 0.3) is 0 Å². The average molecular weight is 238 g/mol. The Labute approximate surface area is 98.8 Å². The Morgan fingerprint density at radius 1 is 0.647 bits per heavy atom. The summed E-state index contributed by atoms with van der Waals surface area (Å²) < 4.78 is 0. The van der Waals surface area contributed by atoms with Gasteiger partial charge < -0.3 is 5.73 Å². The molecule has 1 aromatic carbocycles. The van der Waals surface area contributed by atoms with Crippen LogP contribution in [-0.4, -0.2) is 25.3 Å². The predicted octanol–water partition coefficient (Wildman–Crippen LogP) is 0.964. The monoisotopic (exact) mass is 238 g/mol. The topological polar surface area (TPSA) is 149 Å². The fraction of sp³-hybridized carbons (Fsp3) is 0.100. The normalized spacial score (nSPS) is 4.59. The molecule has 0 aliphatic carbocycles. The molecule has 0 spiro atoms. The minimum atomic E-state index is 0.750. The van der Waals surface area contributed by atoms with E-state index in [1.54, 1.807) is 0 Å². The fourth-order valence-corrected chi connectivity index (χ4v) is 0.385. The number of nitrogens with two attached hydrogens (primary N) is 1. The molecule has 0 unspecified atom stereocenters. The number of hydrogen-bond donors (Lipinski definition) is 4. The zero-order valence-electron chi connectivity index (χ0n) is 9.27. The minimum absolute atomic E-state index is 0.750. The van der Waals surface area contributed by atoms with Crippen LogP contribution in [0.2, 0.25) is 0 Å². The van der Waals surface area contributed by atoms with Crippen molar-refractivity contribution in [3.8, 4) is 0 Å². The van der Waals surface area contributed by atoms with Crippen LogP contribution < -0.4 is 5.73 Å². The number of carbonyl (C=O) groups excluding carboxylic acids is 3. The van der Waals surface area contributed by atoms with E-state index < -0.39 is 0 Å². The highest BCUT2D eigenvalue weighted by atomic mass is 16.1. The van der Waals surface area contributed by atoms with Crippen LogP contribution in [0.1, 0.15) is 0 Å². The Kier molecular flexibility index (Phi) is 71.0. The second-order valence-corrected chi connectivity index (χ2v) is 1.46. The van der Waals surface area contributed by atoms with Gasteiger partial charge in [-0.25, -0.2) is 30.6 Å². The van der Waals surface area contributed by atoms with E-state index in [1.807, 2.05) is 36.4 Å². The molecule has 0 saturated heterocycles. The Morgan fingerprint density at radius 3 is 0.765 bits per heavy atom. The SMILES string of the molecule is CN.N=C=O.N=C=O.N=C=O.c1ccccc1. The molecule has 0 saturated carbocycles. The van der Waals surface area contributed by atoms with E-state index in [4.69, 9.17) is 30.6 Å². The second-order valence-electron chi connectivity index (χ2n) is 1.46. The van der Waals surface area contributed by atoms with Gasteiger partial charge in [0.1, 0.15) is 0 Å². The van der Waals surface area contributed by atoms with Crippen molar-refractivity contribution < 1.29 is 14.4 Å². The Morgan fingerprint density at radius 2 is 0.706 bits per heavy atom. The Bertz CT molecular complexity index is 254. The van der Waals surface area contributed by atoms with Gasteiger partial charge in [0.05, 0.1) is 0 Å². The summed E-state index contributed by atoms with van der Waals surface area (Å²) in [4.78, 5) is 25.0. The molecule has 1 rings (SSSR count). The molecular formula is C10H14N4O3. The smallest absolute Gasteiger partial charge is 0.231 e. The number of rotatable bonds is 0. The summed E-state index contributed by atoms with van der Waals surface area (Å²) in [5, 5.41) is 16.2. The molecule has 92 valence electrons. The summed E-state index contributed by atoms with van der Waals surface area (Å²) in [6, 6.07) is 12.0. The Balaban J connectivity index is -0.0000000676. The van der Waals surface area contributed by atoms with Crippen LogP contribution in [0.15, 0.2) is 36.4 Å². The molecular weight excluding hydrogens is 224 g/mol. The molecule has 0 bridgehead atoms. The van der Waals surface area contributed by atoms with Crippen molar-refractivity contribution in [1.29, 1.82) is 16.2 Å². The number of hydrogen-bond acceptors (Lipinski definition) is 7. The first-order valence-corrected chi connectivity index (χ1v) is 3.94. The van der Waals surface area contributed by atoms with Gasteiger partial charge in [-0.3, -0.25) is 0 Å². The number of isocyanates is 3. The first-order valence-electron chi connectivity index (χ1n) is 3.94. The zero-order valence-corrected chi connectivity index (χ0v) is 9.27. The minimum Gasteiger partial charge on any atom is -0.333 e. The molecule has 0 radical (unpaired) electrons. The van der Waals surface area contributed by atoms with Crippen LogP contribution in [0.25, 0.3) is 0 Å². The van der Waals surface area contributed by atoms with Gasteiger partial charge in [0, 0.05) is 0 Å². The van der Waals surface area contributed by atoms with Crippen molar-refractivity contribution in [2.24, 2.45) is 5.73 Å². The van der Waals surface area contributed by atoms with Gasteiger partial charge in [-0.2, -0.15) is 0 Å². The predicted molar refractivity (Wildman–Crippen MR) is 61.8 cm³/mol. The first-order chi connectivity index (χ1) is 8.24. The van der Waals surface area contributed by atoms with Crippen molar-refractivity contribution in [3.63, 3.8) is 0 Å². The van der Waals surface area contributed by atoms with E-state index in [2.05, 4.69) is 5.73 Å². The quantitative estimate of drug-likeness (QED) is 0.393. The van der Waals surface area contributed by atoms with Crippen molar-refractivity contribution in [2.45, 2.75) is 0 Å². The highest BCUT2D eigenvalue weighted by molar-refractivity contribution is 5.26. The summed E-state index contributed by atoms with van der Waals surface area (Å²) in [6.45, 7) is 0. The maximum Gasteiger partial charge on any atom is 0.231 e. The number of benzene rings is 1. The lowest BCUT2D eigenvalue weighted by atomic mass is 10.4. The van der Waals surface area contributed by atoms with Crippen LogP contribution >= 0.6 is 0 Å². The lowest BCUT2D eigenvalue weighted by Crippen LogP contribution is -1.69. The molecule has 7 nitrogen and oxygen atoms in total. The largest absolute Gasteiger partial charge is 0.333 e. The van der Waals surface area contributed by atoms with E-state index in [1.165, 1.54) is 7.05 Å². The molecule has 17 heavy (non-hydrogen) atoms. The van der Waals surface area contributed by atoms with E-state index in [-0.39, 0.29) is 0 Å². The van der Waals surface area contributed by atoms with Crippen molar-refractivity contribution in [1.82, 2.24) is 0 Å². The van der Waals surface area contributed by atoms with Crippen LogP contribution in [0.5, 0.6) is 0 Å². The molecule has 0 fully saturated rings. The molecule has 1 aromatic rings. The standard InChI is InChI=1S/C6H6.3CHNO.CH5N/c1-2-4-6-5-3-1;3*2-1-3;1-2/h1-6H;3*2H;2H2,1H3. The van der Waals surface area contributed by atoms with E-state index in [9.17, 15) is 0 Å². The third kappa shape index (κ3) is 155. The van der Waals surface area contributed by atoms with Crippen LogP contribution in [0.3, 0.4) is 0 Å². The van der Waals surface area contributed by atoms with Gasteiger partial charge in [-0.15, -0.1) is 0 Å². The maximum absolute atomic E-state index is 8.35. The van der Waals surface area contributed by atoms with Crippen LogP contribution in [0.4, 0.5) is 0 Å². The van der Waals surface area contributed by atoms with Gasteiger partial charge >= 0.3 is 0 Å². The second kappa shape index (κ2) is 50.6. The van der Waals surface area contributed by atoms with Crippen molar-refractivity contribution >= 4 is 18.2 Å². The van der Waals surface area contributed by atoms with Crippen molar-refractivity contribution in [3.05, 3.63) is 36.4 Å². The van der Waals surface area contributed by atoms with E-state index >= 15 is 0 Å². The van der Waals surface area contributed by atoms with Gasteiger partial charge in [-0.05, 0) is 7.05 Å².